The predicted molar refractivity (Wildman–Crippen MR) is 168 cm³/mol. The molecule has 2 aliphatic rings. The van der Waals surface area contributed by atoms with Crippen molar-refractivity contribution >= 4 is 45.7 Å². The molecule has 4 aromatic rings. The van der Waals surface area contributed by atoms with Crippen molar-refractivity contribution in [2.24, 2.45) is 0 Å². The van der Waals surface area contributed by atoms with Gasteiger partial charge in [0.2, 0.25) is 5.88 Å². The molecule has 0 radical (unpaired) electrons. The summed E-state index contributed by atoms with van der Waals surface area (Å²) in [5.74, 6) is 0.332. The first-order valence-corrected chi connectivity index (χ1v) is 14.8. The van der Waals surface area contributed by atoms with E-state index in [0.29, 0.717) is 39.3 Å². The molecule has 0 spiro atoms. The highest BCUT2D eigenvalue weighted by Crippen LogP contribution is 2.42. The van der Waals surface area contributed by atoms with Gasteiger partial charge in [-0.3, -0.25) is 4.90 Å². The highest BCUT2D eigenvalue weighted by molar-refractivity contribution is 6.36. The fraction of sp³-hybridized carbons (Fsp3) is 0.364. The van der Waals surface area contributed by atoms with E-state index in [1.807, 2.05) is 33.8 Å². The number of anilines is 3. The molecule has 0 saturated heterocycles. The monoisotopic (exact) mass is 603 g/mol. The summed E-state index contributed by atoms with van der Waals surface area (Å²) in [6, 6.07) is 7.92. The van der Waals surface area contributed by atoms with Gasteiger partial charge < -0.3 is 19.7 Å². The molecular weight excluding hydrogens is 569 g/mol. The largest absolute Gasteiger partial charge is 0.474 e. The van der Waals surface area contributed by atoms with Crippen LogP contribution < -0.4 is 15.0 Å². The fourth-order valence-electron chi connectivity index (χ4n) is 5.88. The number of aryl methyl sites for hydroxylation is 1. The number of carbonyl (C=O) groups excluding carboxylic acids is 1. The maximum absolute atomic E-state index is 15.8. The number of hydrogen-bond donors (Lipinski definition) is 1. The van der Waals surface area contributed by atoms with Crippen molar-refractivity contribution in [2.45, 2.75) is 53.2 Å². The Bertz CT molecular complexity index is 1770. The van der Waals surface area contributed by atoms with Gasteiger partial charge in [-0.2, -0.15) is 0 Å². The molecule has 2 aliphatic heterocycles. The van der Waals surface area contributed by atoms with E-state index >= 15 is 4.39 Å². The Balaban J connectivity index is 1.39. The van der Waals surface area contributed by atoms with Gasteiger partial charge >= 0.3 is 6.09 Å². The Hall–Kier alpha value is -3.95. The van der Waals surface area contributed by atoms with Gasteiger partial charge in [0.1, 0.15) is 29.5 Å². The number of amides is 1. The van der Waals surface area contributed by atoms with Crippen molar-refractivity contribution in [3.63, 3.8) is 0 Å². The summed E-state index contributed by atoms with van der Waals surface area (Å²) in [6.45, 7) is 11.9. The van der Waals surface area contributed by atoms with Crippen LogP contribution in [0, 0.1) is 19.7 Å². The number of carbonyl (C=O) groups is 1. The number of halogens is 2. The lowest BCUT2D eigenvalue weighted by molar-refractivity contribution is 0.0566. The lowest BCUT2D eigenvalue weighted by Crippen LogP contribution is -2.42. The molecule has 0 aliphatic carbocycles. The number of aromatic nitrogens is 2. The van der Waals surface area contributed by atoms with E-state index in [0.717, 1.165) is 25.2 Å². The van der Waals surface area contributed by atoms with Crippen molar-refractivity contribution in [3.8, 4) is 17.0 Å². The highest BCUT2D eigenvalue weighted by Gasteiger charge is 2.32. The molecule has 0 unspecified atom stereocenters. The number of fused-ring (bicyclic) bond motifs is 3. The molecule has 2 aromatic heterocycles. The Labute approximate surface area is 255 Å². The van der Waals surface area contributed by atoms with Gasteiger partial charge in [-0.25, -0.2) is 19.2 Å². The van der Waals surface area contributed by atoms with Gasteiger partial charge in [0.15, 0.2) is 0 Å². The van der Waals surface area contributed by atoms with Crippen LogP contribution in [0.5, 0.6) is 5.88 Å². The maximum atomic E-state index is 15.8. The van der Waals surface area contributed by atoms with Gasteiger partial charge in [-0.1, -0.05) is 11.6 Å². The van der Waals surface area contributed by atoms with Gasteiger partial charge in [0.25, 0.3) is 0 Å². The van der Waals surface area contributed by atoms with Crippen LogP contribution in [0.25, 0.3) is 21.9 Å². The number of pyridine rings is 2. The summed E-state index contributed by atoms with van der Waals surface area (Å²) in [7, 11) is 2.13. The van der Waals surface area contributed by atoms with Crippen LogP contribution in [0.3, 0.4) is 0 Å². The molecular formula is C33H35ClFN5O3. The molecule has 224 valence electrons. The van der Waals surface area contributed by atoms with Crippen LogP contribution in [-0.2, 0) is 17.7 Å². The quantitative estimate of drug-likeness (QED) is 0.259. The first-order valence-electron chi connectivity index (χ1n) is 14.4. The average Bonchev–Trinajstić information content (AvgIpc) is 2.94. The van der Waals surface area contributed by atoms with E-state index < -0.39 is 17.5 Å². The topological polar surface area (TPSA) is 79.8 Å². The second-order valence-electron chi connectivity index (χ2n) is 12.3. The van der Waals surface area contributed by atoms with Crippen LogP contribution in [-0.4, -0.2) is 53.3 Å². The summed E-state index contributed by atoms with van der Waals surface area (Å²) >= 11 is 6.59. The highest BCUT2D eigenvalue weighted by atomic mass is 35.5. The molecule has 8 nitrogen and oxygen atoms in total. The van der Waals surface area contributed by atoms with E-state index in [1.165, 1.54) is 21.6 Å². The summed E-state index contributed by atoms with van der Waals surface area (Å²) in [6.07, 6.45) is 3.67. The molecule has 4 heterocycles. The maximum Gasteiger partial charge on any atom is 0.415 e. The summed E-state index contributed by atoms with van der Waals surface area (Å²) in [5.41, 5.74) is 6.09. The molecule has 10 heteroatoms. The van der Waals surface area contributed by atoms with E-state index in [-0.39, 0.29) is 23.7 Å². The third kappa shape index (κ3) is 5.59. The Kier molecular flexibility index (Phi) is 7.42. The molecule has 0 saturated carbocycles. The molecule has 0 fully saturated rings. The lowest BCUT2D eigenvalue weighted by atomic mass is 9.94. The van der Waals surface area contributed by atoms with Crippen molar-refractivity contribution in [1.82, 2.24) is 14.9 Å². The first-order chi connectivity index (χ1) is 20.4. The fourth-order valence-corrected chi connectivity index (χ4v) is 6.14. The Morgan fingerprint density at radius 3 is 2.65 bits per heavy atom. The molecule has 1 amide bonds. The molecule has 0 atom stereocenters. The van der Waals surface area contributed by atoms with Crippen LogP contribution >= 0.6 is 11.6 Å². The second kappa shape index (κ2) is 11.0. The standard InChI is InChI=1S/C33H35ClFN5O3/c1-18-11-22(12-21-17-39(6)8-7-23(18)21)38-27-14-20-13-24(29(35)28(34)26(20)16-36-27)25-15-37-31-30(19(25)2)40(9-10-42-31)32(41)43-33(3,4)5/h11-16H,7-10,17H2,1-6H3,(H,36,38). The van der Waals surface area contributed by atoms with Crippen molar-refractivity contribution in [3.05, 3.63) is 69.8 Å². The zero-order chi connectivity index (χ0) is 30.6. The predicted octanol–water partition coefficient (Wildman–Crippen LogP) is 7.57. The van der Waals surface area contributed by atoms with E-state index in [1.54, 1.807) is 18.5 Å². The second-order valence-corrected chi connectivity index (χ2v) is 12.7. The number of nitrogens with zero attached hydrogens (tertiary/aromatic N) is 4. The summed E-state index contributed by atoms with van der Waals surface area (Å²) in [4.78, 5) is 25.9. The minimum Gasteiger partial charge on any atom is -0.474 e. The van der Waals surface area contributed by atoms with Crippen LogP contribution in [0.1, 0.15) is 43.0 Å². The summed E-state index contributed by atoms with van der Waals surface area (Å²) < 4.78 is 27.2. The van der Waals surface area contributed by atoms with E-state index in [2.05, 4.69) is 46.3 Å². The zero-order valence-electron chi connectivity index (χ0n) is 25.3. The van der Waals surface area contributed by atoms with Crippen LogP contribution in [0.2, 0.25) is 5.02 Å². The van der Waals surface area contributed by atoms with Gasteiger partial charge in [0.05, 0.1) is 11.6 Å². The zero-order valence-corrected chi connectivity index (χ0v) is 26.0. The van der Waals surface area contributed by atoms with Crippen molar-refractivity contribution < 1.29 is 18.7 Å². The van der Waals surface area contributed by atoms with Gasteiger partial charge in [-0.15, -0.1) is 0 Å². The number of hydrogen-bond acceptors (Lipinski definition) is 7. The van der Waals surface area contributed by atoms with Crippen molar-refractivity contribution in [2.75, 3.05) is 37.0 Å². The number of ether oxygens (including phenoxy) is 2. The van der Waals surface area contributed by atoms with E-state index in [4.69, 9.17) is 21.1 Å². The molecule has 0 bridgehead atoms. The first kappa shape index (κ1) is 29.1. The minimum atomic E-state index is -0.680. The minimum absolute atomic E-state index is 0.0309. The number of nitrogens with one attached hydrogen (secondary N) is 1. The Morgan fingerprint density at radius 2 is 1.88 bits per heavy atom. The third-order valence-corrected chi connectivity index (χ3v) is 8.29. The molecule has 43 heavy (non-hydrogen) atoms. The van der Waals surface area contributed by atoms with Crippen molar-refractivity contribution in [1.29, 1.82) is 0 Å². The van der Waals surface area contributed by atoms with Gasteiger partial charge in [-0.05, 0) is 100.0 Å². The SMILES string of the molecule is Cc1cc(Nc2cc3cc(-c4cnc5c(c4C)N(C(=O)OC(C)(C)C)CCO5)c(F)c(Cl)c3cn2)cc2c1CCN(C)C2. The molecule has 6 rings (SSSR count). The number of likely N-dealkylation sites (N-methyl/N-ethyl adjacent to an activating group) is 1. The lowest BCUT2D eigenvalue weighted by Gasteiger charge is -2.32. The molecule has 2 aromatic carbocycles. The summed E-state index contributed by atoms with van der Waals surface area (Å²) in [5, 5.41) is 4.61. The Morgan fingerprint density at radius 1 is 1.09 bits per heavy atom. The third-order valence-electron chi connectivity index (χ3n) is 7.92. The van der Waals surface area contributed by atoms with Crippen LogP contribution in [0.4, 0.5) is 26.4 Å². The number of rotatable bonds is 3. The van der Waals surface area contributed by atoms with E-state index in [9.17, 15) is 4.79 Å². The van der Waals surface area contributed by atoms with Gasteiger partial charge in [0, 0.05) is 47.7 Å². The normalized spacial score (nSPS) is 15.1. The van der Waals surface area contributed by atoms with Crippen LogP contribution in [0.15, 0.2) is 36.7 Å². The number of benzene rings is 2. The average molecular weight is 604 g/mol. The smallest absolute Gasteiger partial charge is 0.415 e. The molecule has 1 N–H and O–H groups in total.